The van der Waals surface area contributed by atoms with E-state index in [1.807, 2.05) is 24.6 Å². The lowest BCUT2D eigenvalue weighted by Crippen LogP contribution is -2.28. The maximum Gasteiger partial charge on any atom is 0.211 e. The molecule has 0 bridgehead atoms. The van der Waals surface area contributed by atoms with Crippen LogP contribution in [0.25, 0.3) is 0 Å². The van der Waals surface area contributed by atoms with Crippen LogP contribution in [0.3, 0.4) is 0 Å². The summed E-state index contributed by atoms with van der Waals surface area (Å²) in [6.07, 6.45) is 0.645. The van der Waals surface area contributed by atoms with Crippen LogP contribution in [0.2, 0.25) is 0 Å². The average molecular weight is 276 g/mol. The molecule has 0 saturated carbocycles. The molecule has 6 heteroatoms. The van der Waals surface area contributed by atoms with E-state index in [0.717, 1.165) is 24.2 Å². The summed E-state index contributed by atoms with van der Waals surface area (Å²) in [5.41, 5.74) is 2.20. The van der Waals surface area contributed by atoms with E-state index >= 15 is 0 Å². The van der Waals surface area contributed by atoms with Crippen LogP contribution in [-0.2, 0) is 16.6 Å². The first-order chi connectivity index (χ1) is 8.05. The second-order valence-corrected chi connectivity index (χ2v) is 6.60. The van der Waals surface area contributed by atoms with Crippen molar-refractivity contribution in [3.63, 3.8) is 0 Å². The van der Waals surface area contributed by atoms with Crippen LogP contribution >= 0.6 is 11.3 Å². The van der Waals surface area contributed by atoms with Gasteiger partial charge in [0.1, 0.15) is 0 Å². The highest BCUT2D eigenvalue weighted by Gasteiger charge is 2.10. The Hall–Kier alpha value is -0.430. The SMILES string of the molecule is CCNCCCS(=O)(=O)NCc1cscc1C. The molecular formula is C11H20N2O2S2. The van der Waals surface area contributed by atoms with Crippen LogP contribution in [0.15, 0.2) is 10.8 Å². The van der Waals surface area contributed by atoms with Gasteiger partial charge in [-0.05, 0) is 48.3 Å². The van der Waals surface area contributed by atoms with Gasteiger partial charge in [0.05, 0.1) is 5.75 Å². The quantitative estimate of drug-likeness (QED) is 0.707. The lowest BCUT2D eigenvalue weighted by Gasteiger charge is -2.06. The largest absolute Gasteiger partial charge is 0.317 e. The lowest BCUT2D eigenvalue weighted by molar-refractivity contribution is 0.575. The molecule has 1 heterocycles. The third kappa shape index (κ3) is 5.63. The van der Waals surface area contributed by atoms with E-state index in [1.54, 1.807) is 11.3 Å². The predicted octanol–water partition coefficient (Wildman–Crippen LogP) is 1.48. The van der Waals surface area contributed by atoms with Crippen molar-refractivity contribution >= 4 is 21.4 Å². The normalized spacial score (nSPS) is 11.9. The molecule has 0 aromatic carbocycles. The van der Waals surface area contributed by atoms with Gasteiger partial charge in [-0.25, -0.2) is 13.1 Å². The van der Waals surface area contributed by atoms with Crippen LogP contribution < -0.4 is 10.0 Å². The molecule has 0 aliphatic carbocycles. The molecular weight excluding hydrogens is 256 g/mol. The van der Waals surface area contributed by atoms with Gasteiger partial charge in [0.25, 0.3) is 0 Å². The fourth-order valence-electron chi connectivity index (χ4n) is 1.39. The standard InChI is InChI=1S/C11H20N2O2S2/c1-3-12-5-4-6-17(14,15)13-7-11-9-16-8-10(11)2/h8-9,12-13H,3-7H2,1-2H3. The summed E-state index contributed by atoms with van der Waals surface area (Å²) in [6, 6.07) is 0. The van der Waals surface area contributed by atoms with Gasteiger partial charge in [0.15, 0.2) is 0 Å². The van der Waals surface area contributed by atoms with E-state index in [1.165, 1.54) is 0 Å². The van der Waals surface area contributed by atoms with Gasteiger partial charge in [0.2, 0.25) is 10.0 Å². The third-order valence-corrected chi connectivity index (χ3v) is 4.78. The van der Waals surface area contributed by atoms with Crippen LogP contribution in [-0.4, -0.2) is 27.3 Å². The van der Waals surface area contributed by atoms with Gasteiger partial charge in [-0.2, -0.15) is 11.3 Å². The topological polar surface area (TPSA) is 58.2 Å². The molecule has 0 fully saturated rings. The molecule has 0 spiro atoms. The smallest absolute Gasteiger partial charge is 0.211 e. The number of rotatable bonds is 8. The van der Waals surface area contributed by atoms with Crippen LogP contribution in [0.4, 0.5) is 0 Å². The average Bonchev–Trinajstić information content (AvgIpc) is 2.68. The summed E-state index contributed by atoms with van der Waals surface area (Å²) in [4.78, 5) is 0. The van der Waals surface area contributed by atoms with Crippen LogP contribution in [0.5, 0.6) is 0 Å². The molecule has 0 aliphatic rings. The Morgan fingerprint density at radius 2 is 2.12 bits per heavy atom. The molecule has 0 aliphatic heterocycles. The Kier molecular flexibility index (Phi) is 6.11. The monoisotopic (exact) mass is 276 g/mol. The van der Waals surface area contributed by atoms with Gasteiger partial charge in [-0.1, -0.05) is 6.92 Å². The van der Waals surface area contributed by atoms with Gasteiger partial charge >= 0.3 is 0 Å². The van der Waals surface area contributed by atoms with E-state index in [2.05, 4.69) is 10.0 Å². The van der Waals surface area contributed by atoms with E-state index in [9.17, 15) is 8.42 Å². The number of nitrogens with one attached hydrogen (secondary N) is 2. The van der Waals surface area contributed by atoms with Crippen molar-refractivity contribution < 1.29 is 8.42 Å². The maximum atomic E-state index is 11.7. The van der Waals surface area contributed by atoms with Crippen LogP contribution in [0.1, 0.15) is 24.5 Å². The van der Waals surface area contributed by atoms with E-state index in [-0.39, 0.29) is 5.75 Å². The second kappa shape index (κ2) is 7.10. The molecule has 2 N–H and O–H groups in total. The molecule has 0 amide bonds. The van der Waals surface area contributed by atoms with Gasteiger partial charge in [-0.15, -0.1) is 0 Å². The molecule has 1 rings (SSSR count). The van der Waals surface area contributed by atoms with Crippen molar-refractivity contribution in [3.05, 3.63) is 21.9 Å². The number of hydrogen-bond acceptors (Lipinski definition) is 4. The first-order valence-electron chi connectivity index (χ1n) is 5.75. The number of aryl methyl sites for hydroxylation is 1. The third-order valence-electron chi connectivity index (χ3n) is 2.46. The second-order valence-electron chi connectivity index (χ2n) is 3.93. The van der Waals surface area contributed by atoms with E-state index in [0.29, 0.717) is 13.0 Å². The fraction of sp³-hybridized carbons (Fsp3) is 0.636. The molecule has 17 heavy (non-hydrogen) atoms. The minimum atomic E-state index is -3.14. The van der Waals surface area contributed by atoms with Crippen molar-refractivity contribution in [1.82, 2.24) is 10.0 Å². The molecule has 1 aromatic heterocycles. The van der Waals surface area contributed by atoms with Crippen molar-refractivity contribution in [2.75, 3.05) is 18.8 Å². The Morgan fingerprint density at radius 3 is 2.71 bits per heavy atom. The Morgan fingerprint density at radius 1 is 1.35 bits per heavy atom. The first kappa shape index (κ1) is 14.6. The number of sulfonamides is 1. The Bertz CT molecular complexity index is 426. The van der Waals surface area contributed by atoms with Crippen molar-refractivity contribution in [3.8, 4) is 0 Å². The summed E-state index contributed by atoms with van der Waals surface area (Å²) in [5.74, 6) is 0.184. The van der Waals surface area contributed by atoms with Crippen LogP contribution in [0, 0.1) is 6.92 Å². The van der Waals surface area contributed by atoms with E-state index < -0.39 is 10.0 Å². The molecule has 1 aromatic rings. The maximum absolute atomic E-state index is 11.7. The summed E-state index contributed by atoms with van der Waals surface area (Å²) in [7, 11) is -3.14. The van der Waals surface area contributed by atoms with E-state index in [4.69, 9.17) is 0 Å². The predicted molar refractivity (Wildman–Crippen MR) is 72.8 cm³/mol. The lowest BCUT2D eigenvalue weighted by atomic mass is 10.2. The highest BCUT2D eigenvalue weighted by Crippen LogP contribution is 2.13. The minimum absolute atomic E-state index is 0.184. The van der Waals surface area contributed by atoms with Crippen molar-refractivity contribution in [1.29, 1.82) is 0 Å². The van der Waals surface area contributed by atoms with Crippen molar-refractivity contribution in [2.45, 2.75) is 26.8 Å². The zero-order valence-electron chi connectivity index (χ0n) is 10.3. The minimum Gasteiger partial charge on any atom is -0.317 e. The molecule has 0 unspecified atom stereocenters. The summed E-state index contributed by atoms with van der Waals surface area (Å²) in [5, 5.41) is 7.11. The molecule has 0 radical (unpaired) electrons. The molecule has 0 atom stereocenters. The highest BCUT2D eigenvalue weighted by atomic mass is 32.2. The van der Waals surface area contributed by atoms with Gasteiger partial charge < -0.3 is 5.32 Å². The Labute approximate surface area is 107 Å². The first-order valence-corrected chi connectivity index (χ1v) is 8.34. The number of hydrogen-bond donors (Lipinski definition) is 2. The summed E-state index contributed by atoms with van der Waals surface area (Å²) in [6.45, 7) is 6.02. The van der Waals surface area contributed by atoms with Crippen molar-refractivity contribution in [2.24, 2.45) is 0 Å². The number of thiophene rings is 1. The van der Waals surface area contributed by atoms with Gasteiger partial charge in [-0.3, -0.25) is 0 Å². The molecule has 4 nitrogen and oxygen atoms in total. The highest BCUT2D eigenvalue weighted by molar-refractivity contribution is 7.89. The molecule has 0 saturated heterocycles. The Balaban J connectivity index is 2.32. The zero-order valence-corrected chi connectivity index (χ0v) is 12.0. The summed E-state index contributed by atoms with van der Waals surface area (Å²) >= 11 is 1.60. The zero-order chi connectivity index (χ0) is 12.7. The van der Waals surface area contributed by atoms with Gasteiger partial charge in [0, 0.05) is 6.54 Å². The summed E-state index contributed by atoms with van der Waals surface area (Å²) < 4.78 is 26.0. The molecule has 98 valence electrons. The fourth-order valence-corrected chi connectivity index (χ4v) is 3.29.